The van der Waals surface area contributed by atoms with Gasteiger partial charge < -0.3 is 9.88 Å². The average molecular weight is 549 g/mol. The fourth-order valence-electron chi connectivity index (χ4n) is 3.55. The molecule has 0 aliphatic carbocycles. The van der Waals surface area contributed by atoms with E-state index in [1.807, 2.05) is 5.32 Å². The summed E-state index contributed by atoms with van der Waals surface area (Å²) in [6.45, 7) is 4.41. The number of anilines is 1. The standard InChI is InChI=1S/C24H18ClF4N6OP/c1-12-19(25)22(35-24(28,29)8-14-6-13(9-30)4-5-16(14)26)21-18(33-12)7-17(27)20(34-21)15-10-31-23(32-11-15)37(2,3)36/h4-7,10-11H,8H2,1-3H3,(H,33,35). The minimum atomic E-state index is -3.75. The summed E-state index contributed by atoms with van der Waals surface area (Å²) in [4.78, 5) is 16.4. The highest BCUT2D eigenvalue weighted by Crippen LogP contribution is 2.37. The summed E-state index contributed by atoms with van der Waals surface area (Å²) in [7, 11) is -2.76. The van der Waals surface area contributed by atoms with Crippen molar-refractivity contribution < 1.29 is 22.1 Å². The molecule has 1 N–H and O–H groups in total. The van der Waals surface area contributed by atoms with Crippen molar-refractivity contribution in [3.05, 3.63) is 70.1 Å². The van der Waals surface area contributed by atoms with Gasteiger partial charge in [0.15, 0.2) is 11.4 Å². The van der Waals surface area contributed by atoms with Crippen molar-refractivity contribution in [1.29, 1.82) is 5.26 Å². The van der Waals surface area contributed by atoms with Gasteiger partial charge in [-0.3, -0.25) is 0 Å². The minimum absolute atomic E-state index is 0.0213. The Morgan fingerprint density at radius 2 is 1.78 bits per heavy atom. The van der Waals surface area contributed by atoms with E-state index in [4.69, 9.17) is 16.9 Å². The predicted molar refractivity (Wildman–Crippen MR) is 133 cm³/mol. The highest BCUT2D eigenvalue weighted by molar-refractivity contribution is 7.69. The summed E-state index contributed by atoms with van der Waals surface area (Å²) in [5.41, 5.74) is -0.848. The fourth-order valence-corrected chi connectivity index (χ4v) is 4.40. The van der Waals surface area contributed by atoms with Gasteiger partial charge in [-0.15, -0.1) is 0 Å². The zero-order valence-electron chi connectivity index (χ0n) is 19.7. The number of halogens is 5. The van der Waals surface area contributed by atoms with Crippen LogP contribution in [0, 0.1) is 29.9 Å². The molecule has 190 valence electrons. The van der Waals surface area contributed by atoms with Gasteiger partial charge in [0.05, 0.1) is 40.0 Å². The molecule has 0 unspecified atom stereocenters. The van der Waals surface area contributed by atoms with Crippen LogP contribution < -0.4 is 10.9 Å². The average Bonchev–Trinajstić information content (AvgIpc) is 2.82. The molecule has 0 saturated carbocycles. The monoisotopic (exact) mass is 548 g/mol. The first kappa shape index (κ1) is 26.5. The molecule has 4 aromatic rings. The summed E-state index contributed by atoms with van der Waals surface area (Å²) in [5, 5.41) is 10.8. The van der Waals surface area contributed by atoms with Gasteiger partial charge in [-0.05, 0) is 44.0 Å². The van der Waals surface area contributed by atoms with E-state index in [0.717, 1.165) is 18.2 Å². The van der Waals surface area contributed by atoms with Crippen LogP contribution in [0.1, 0.15) is 16.8 Å². The van der Waals surface area contributed by atoms with Crippen molar-refractivity contribution >= 4 is 41.0 Å². The van der Waals surface area contributed by atoms with Crippen molar-refractivity contribution in [2.24, 2.45) is 0 Å². The molecule has 37 heavy (non-hydrogen) atoms. The number of fused-ring (bicyclic) bond motifs is 1. The highest BCUT2D eigenvalue weighted by atomic mass is 35.5. The summed E-state index contributed by atoms with van der Waals surface area (Å²) >= 11 is 6.30. The zero-order chi connectivity index (χ0) is 27.1. The van der Waals surface area contributed by atoms with Gasteiger partial charge in [0.2, 0.25) is 0 Å². The van der Waals surface area contributed by atoms with Crippen LogP contribution in [-0.2, 0) is 11.0 Å². The van der Waals surface area contributed by atoms with Crippen LogP contribution in [0.25, 0.3) is 22.3 Å². The number of alkyl halides is 2. The number of pyridine rings is 2. The Hall–Kier alpha value is -3.61. The van der Waals surface area contributed by atoms with Gasteiger partial charge in [0.25, 0.3) is 0 Å². The lowest BCUT2D eigenvalue weighted by Crippen LogP contribution is -2.31. The Bertz CT molecular complexity index is 1620. The van der Waals surface area contributed by atoms with E-state index in [2.05, 4.69) is 19.9 Å². The second-order valence-electron chi connectivity index (χ2n) is 8.62. The molecule has 0 atom stereocenters. The molecule has 0 saturated heterocycles. The zero-order valence-corrected chi connectivity index (χ0v) is 21.3. The number of nitrogens with zero attached hydrogens (tertiary/aromatic N) is 5. The van der Waals surface area contributed by atoms with Crippen LogP contribution in [0.5, 0.6) is 0 Å². The van der Waals surface area contributed by atoms with Crippen LogP contribution in [0.3, 0.4) is 0 Å². The Kier molecular flexibility index (Phi) is 6.93. The number of rotatable bonds is 6. The number of hydrogen-bond acceptors (Lipinski definition) is 7. The fraction of sp³-hybridized carbons (Fsp3) is 0.208. The lowest BCUT2D eigenvalue weighted by atomic mass is 10.1. The summed E-state index contributed by atoms with van der Waals surface area (Å²) in [6, 6.07) is 2.19. The molecule has 0 aliphatic heterocycles. The van der Waals surface area contributed by atoms with Gasteiger partial charge in [0.1, 0.15) is 24.2 Å². The van der Waals surface area contributed by atoms with Crippen molar-refractivity contribution in [3.63, 3.8) is 0 Å². The quantitative estimate of drug-likeness (QED) is 0.187. The molecule has 13 heteroatoms. The van der Waals surface area contributed by atoms with Crippen molar-refractivity contribution in [3.8, 4) is 17.3 Å². The highest BCUT2D eigenvalue weighted by Gasteiger charge is 2.33. The Labute approximate surface area is 213 Å². The normalized spacial score (nSPS) is 12.0. The molecule has 0 fully saturated rings. The van der Waals surface area contributed by atoms with Crippen molar-refractivity contribution in [2.75, 3.05) is 18.6 Å². The largest absolute Gasteiger partial charge is 0.327 e. The Morgan fingerprint density at radius 1 is 1.11 bits per heavy atom. The predicted octanol–water partition coefficient (Wildman–Crippen LogP) is 5.69. The van der Waals surface area contributed by atoms with Crippen LogP contribution in [-0.4, -0.2) is 39.3 Å². The lowest BCUT2D eigenvalue weighted by Gasteiger charge is -2.22. The summed E-state index contributed by atoms with van der Waals surface area (Å²) < 4.78 is 71.6. The smallest absolute Gasteiger partial charge is 0.324 e. The molecule has 0 aliphatic rings. The molecule has 1 aromatic carbocycles. The molecule has 4 rings (SSSR count). The Balaban J connectivity index is 1.80. The van der Waals surface area contributed by atoms with E-state index in [1.54, 1.807) is 6.07 Å². The first-order valence-electron chi connectivity index (χ1n) is 10.7. The minimum Gasteiger partial charge on any atom is -0.324 e. The number of aromatic nitrogens is 4. The molecule has 7 nitrogen and oxygen atoms in total. The van der Waals surface area contributed by atoms with Crippen molar-refractivity contribution in [1.82, 2.24) is 19.9 Å². The van der Waals surface area contributed by atoms with E-state index in [1.165, 1.54) is 38.7 Å². The maximum absolute atomic E-state index is 15.1. The topological polar surface area (TPSA) is 104 Å². The SMILES string of the molecule is Cc1nc2cc(F)c(-c3cnc(P(C)(C)=O)nc3)nc2c(NC(F)(F)Cc2cc(C#N)ccc2F)c1Cl. The van der Waals surface area contributed by atoms with Gasteiger partial charge in [-0.25, -0.2) is 28.7 Å². The summed E-state index contributed by atoms with van der Waals surface area (Å²) in [6.07, 6.45) is 1.36. The third-order valence-corrected chi connectivity index (χ3v) is 6.96. The molecular weight excluding hydrogens is 531 g/mol. The van der Waals surface area contributed by atoms with E-state index in [-0.39, 0.29) is 55.4 Å². The molecular formula is C24H18ClF4N6OP. The molecule has 0 bridgehead atoms. The van der Waals surface area contributed by atoms with Crippen LogP contribution in [0.4, 0.5) is 23.2 Å². The van der Waals surface area contributed by atoms with Gasteiger partial charge in [0, 0.05) is 24.0 Å². The second kappa shape index (κ2) is 9.69. The van der Waals surface area contributed by atoms with Crippen LogP contribution >= 0.6 is 18.7 Å². The number of nitriles is 1. The number of nitrogens with one attached hydrogen (secondary N) is 1. The van der Waals surface area contributed by atoms with E-state index < -0.39 is 31.2 Å². The number of aryl methyl sites for hydroxylation is 1. The Morgan fingerprint density at radius 3 is 2.41 bits per heavy atom. The summed E-state index contributed by atoms with van der Waals surface area (Å²) in [5.74, 6) is -1.72. The molecule has 0 radical (unpaired) electrons. The van der Waals surface area contributed by atoms with Crippen molar-refractivity contribution in [2.45, 2.75) is 19.4 Å². The maximum Gasteiger partial charge on any atom is 0.327 e. The molecule has 3 heterocycles. The number of benzene rings is 1. The molecule has 0 spiro atoms. The van der Waals surface area contributed by atoms with Crippen LogP contribution in [0.15, 0.2) is 36.7 Å². The third-order valence-electron chi connectivity index (χ3n) is 5.31. The van der Waals surface area contributed by atoms with Crippen LogP contribution in [0.2, 0.25) is 5.02 Å². The first-order chi connectivity index (χ1) is 17.3. The van der Waals surface area contributed by atoms with E-state index in [0.29, 0.717) is 0 Å². The third kappa shape index (κ3) is 5.55. The second-order valence-corrected chi connectivity index (χ2v) is 12.1. The lowest BCUT2D eigenvalue weighted by molar-refractivity contribution is 0.0324. The molecule has 3 aromatic heterocycles. The maximum atomic E-state index is 15.1. The van der Waals surface area contributed by atoms with E-state index in [9.17, 15) is 13.3 Å². The van der Waals surface area contributed by atoms with Gasteiger partial charge in [-0.2, -0.15) is 14.0 Å². The van der Waals surface area contributed by atoms with Gasteiger partial charge in [-0.1, -0.05) is 11.6 Å². The van der Waals surface area contributed by atoms with Gasteiger partial charge >= 0.3 is 6.05 Å². The molecule has 0 amide bonds. The van der Waals surface area contributed by atoms with E-state index >= 15 is 8.78 Å². The first-order valence-corrected chi connectivity index (χ1v) is 13.7. The number of hydrogen-bond donors (Lipinski definition) is 1.